The maximum Gasteiger partial charge on any atom is 0.245 e. The molecule has 1 fully saturated rings. The van der Waals surface area contributed by atoms with E-state index < -0.39 is 16.1 Å². The molecule has 2 unspecified atom stereocenters. The van der Waals surface area contributed by atoms with Crippen LogP contribution < -0.4 is 5.14 Å². The molecule has 0 aliphatic carbocycles. The zero-order chi connectivity index (χ0) is 23.6. The zero-order valence-electron chi connectivity index (χ0n) is 18.2. The number of aliphatic hydroxyl groups excluding tert-OH is 1. The summed E-state index contributed by atoms with van der Waals surface area (Å²) < 4.78 is 27.7. The number of nitrogens with zero attached hydrogens (tertiary/aromatic N) is 4. The summed E-state index contributed by atoms with van der Waals surface area (Å²) in [6.45, 7) is 1.58. The molecule has 3 heterocycles. The highest BCUT2D eigenvalue weighted by Crippen LogP contribution is 2.30. The van der Waals surface area contributed by atoms with Crippen molar-refractivity contribution in [3.05, 3.63) is 54.5 Å². The number of piperidine rings is 1. The molecule has 0 saturated carbocycles. The molecule has 33 heavy (non-hydrogen) atoms. The number of fused-ring (bicyclic) bond motifs is 1. The standard InChI is InChI=1S/C23H27N5O4S/c24-14-18-5-3-10-26(18)12-9-21(23(30)27-11-2-4-17(15-27)16-29)28-13-8-19-20(28)6-1-7-22(19)33(25,31)32/h1,3,5-8,10,13,17,21,29H,2,4,9,11-12,15-16H2,(H2,25,31,32). The van der Waals surface area contributed by atoms with Crippen molar-refractivity contribution in [2.75, 3.05) is 19.7 Å². The zero-order valence-corrected chi connectivity index (χ0v) is 19.0. The molecule has 10 heteroatoms. The van der Waals surface area contributed by atoms with Crippen molar-refractivity contribution in [1.82, 2.24) is 14.0 Å². The number of benzene rings is 1. The average molecular weight is 470 g/mol. The molecule has 3 N–H and O–H groups in total. The smallest absolute Gasteiger partial charge is 0.245 e. The molecular formula is C23H27N5O4S. The fourth-order valence-corrected chi connectivity index (χ4v) is 5.41. The lowest BCUT2D eigenvalue weighted by Crippen LogP contribution is -2.44. The van der Waals surface area contributed by atoms with E-state index in [0.717, 1.165) is 12.8 Å². The summed E-state index contributed by atoms with van der Waals surface area (Å²) in [6.07, 6.45) is 5.63. The van der Waals surface area contributed by atoms with Gasteiger partial charge in [0, 0.05) is 44.0 Å². The summed E-state index contributed by atoms with van der Waals surface area (Å²) in [5, 5.41) is 24.8. The lowest BCUT2D eigenvalue weighted by atomic mass is 9.98. The van der Waals surface area contributed by atoms with Gasteiger partial charge in [-0.1, -0.05) is 6.07 Å². The van der Waals surface area contributed by atoms with Crippen LogP contribution in [0.25, 0.3) is 10.9 Å². The molecule has 3 aromatic rings. The van der Waals surface area contributed by atoms with Crippen molar-refractivity contribution >= 4 is 26.8 Å². The number of sulfonamides is 1. The number of hydrogen-bond donors (Lipinski definition) is 2. The third-order valence-electron chi connectivity index (χ3n) is 6.33. The fourth-order valence-electron chi connectivity index (χ4n) is 4.66. The summed E-state index contributed by atoms with van der Waals surface area (Å²) in [6, 6.07) is 11.5. The molecule has 2 aromatic heterocycles. The van der Waals surface area contributed by atoms with Crippen LogP contribution in [0.4, 0.5) is 0 Å². The van der Waals surface area contributed by atoms with Gasteiger partial charge < -0.3 is 19.1 Å². The molecule has 1 aliphatic heterocycles. The van der Waals surface area contributed by atoms with Crippen LogP contribution in [0.1, 0.15) is 31.0 Å². The molecule has 174 valence electrons. The van der Waals surface area contributed by atoms with Gasteiger partial charge in [-0.2, -0.15) is 5.26 Å². The molecule has 2 atom stereocenters. The molecule has 1 saturated heterocycles. The van der Waals surface area contributed by atoms with Crippen molar-refractivity contribution in [3.63, 3.8) is 0 Å². The normalized spacial score (nSPS) is 17.7. The van der Waals surface area contributed by atoms with E-state index in [4.69, 9.17) is 5.14 Å². The van der Waals surface area contributed by atoms with Crippen molar-refractivity contribution in [2.45, 2.75) is 36.7 Å². The number of hydrogen-bond acceptors (Lipinski definition) is 5. The van der Waals surface area contributed by atoms with Gasteiger partial charge in [-0.25, -0.2) is 13.6 Å². The van der Waals surface area contributed by atoms with Crippen LogP contribution in [0.5, 0.6) is 0 Å². The van der Waals surface area contributed by atoms with Crippen LogP contribution >= 0.6 is 0 Å². The molecule has 9 nitrogen and oxygen atoms in total. The van der Waals surface area contributed by atoms with E-state index >= 15 is 0 Å². The van der Waals surface area contributed by atoms with Gasteiger partial charge >= 0.3 is 0 Å². The Hall–Kier alpha value is -3.13. The molecule has 1 amide bonds. The Labute approximate surface area is 192 Å². The number of likely N-dealkylation sites (tertiary alicyclic amines) is 1. The summed E-state index contributed by atoms with van der Waals surface area (Å²) in [4.78, 5) is 15.5. The second kappa shape index (κ2) is 9.39. The van der Waals surface area contributed by atoms with Crippen molar-refractivity contribution in [2.24, 2.45) is 11.1 Å². The highest BCUT2D eigenvalue weighted by atomic mass is 32.2. The van der Waals surface area contributed by atoms with Crippen LogP contribution in [0.2, 0.25) is 0 Å². The number of aliphatic hydroxyl groups is 1. The molecule has 1 aliphatic rings. The number of carbonyl (C=O) groups is 1. The number of primary sulfonamides is 1. The maximum atomic E-state index is 13.7. The summed E-state index contributed by atoms with van der Waals surface area (Å²) in [5.74, 6) is -0.0364. The molecule has 1 aromatic carbocycles. The maximum absolute atomic E-state index is 13.7. The molecule has 0 radical (unpaired) electrons. The number of nitriles is 1. The van der Waals surface area contributed by atoms with Gasteiger partial charge in [0.25, 0.3) is 0 Å². The summed E-state index contributed by atoms with van der Waals surface area (Å²) in [5.41, 5.74) is 1.11. The number of carbonyl (C=O) groups excluding carboxylic acids is 1. The quantitative estimate of drug-likeness (QED) is 0.544. The van der Waals surface area contributed by atoms with E-state index in [0.29, 0.717) is 42.7 Å². The molecule has 4 rings (SSSR count). The number of nitrogens with two attached hydrogens (primary N) is 1. The van der Waals surface area contributed by atoms with Crippen LogP contribution in [0.15, 0.2) is 53.7 Å². The second-order valence-electron chi connectivity index (χ2n) is 8.44. The van der Waals surface area contributed by atoms with E-state index in [1.807, 2.05) is 0 Å². The Morgan fingerprint density at radius 1 is 1.24 bits per heavy atom. The van der Waals surface area contributed by atoms with Crippen molar-refractivity contribution < 1.29 is 18.3 Å². The highest BCUT2D eigenvalue weighted by molar-refractivity contribution is 7.89. The van der Waals surface area contributed by atoms with Gasteiger partial charge in [-0.15, -0.1) is 0 Å². The van der Waals surface area contributed by atoms with Gasteiger partial charge in [0.1, 0.15) is 17.8 Å². The van der Waals surface area contributed by atoms with Crippen LogP contribution in [-0.2, 0) is 21.4 Å². The Morgan fingerprint density at radius 2 is 2.06 bits per heavy atom. The van der Waals surface area contributed by atoms with Crippen LogP contribution in [0.3, 0.4) is 0 Å². The van der Waals surface area contributed by atoms with E-state index in [2.05, 4.69) is 6.07 Å². The summed E-state index contributed by atoms with van der Waals surface area (Å²) >= 11 is 0. The van der Waals surface area contributed by atoms with Crippen molar-refractivity contribution in [1.29, 1.82) is 5.26 Å². The predicted molar refractivity (Wildman–Crippen MR) is 123 cm³/mol. The minimum atomic E-state index is -3.93. The number of amides is 1. The molecular weight excluding hydrogens is 442 g/mol. The first-order chi connectivity index (χ1) is 15.8. The van der Waals surface area contributed by atoms with E-state index in [1.54, 1.807) is 56.8 Å². The van der Waals surface area contributed by atoms with Crippen LogP contribution in [-0.4, -0.2) is 53.2 Å². The Kier molecular flexibility index (Phi) is 6.56. The van der Waals surface area contributed by atoms with Gasteiger partial charge in [0.15, 0.2) is 0 Å². The Morgan fingerprint density at radius 3 is 2.79 bits per heavy atom. The van der Waals surface area contributed by atoms with Gasteiger partial charge in [-0.05, 0) is 55.5 Å². The number of rotatable bonds is 7. The first-order valence-electron chi connectivity index (χ1n) is 10.9. The Bertz CT molecular complexity index is 1300. The first kappa shape index (κ1) is 23.0. The lowest BCUT2D eigenvalue weighted by Gasteiger charge is -2.35. The third-order valence-corrected chi connectivity index (χ3v) is 7.30. The lowest BCUT2D eigenvalue weighted by molar-refractivity contribution is -0.137. The number of aryl methyl sites for hydroxylation is 1. The fraction of sp³-hybridized carbons (Fsp3) is 0.391. The predicted octanol–water partition coefficient (Wildman–Crippen LogP) is 1.82. The van der Waals surface area contributed by atoms with E-state index in [-0.39, 0.29) is 23.3 Å². The van der Waals surface area contributed by atoms with E-state index in [9.17, 15) is 23.6 Å². The topological polar surface area (TPSA) is 134 Å². The second-order valence-corrected chi connectivity index (χ2v) is 9.96. The molecule has 0 bridgehead atoms. The molecule has 0 spiro atoms. The SMILES string of the molecule is N#Cc1cccn1CCC(C(=O)N1CCCC(CO)C1)n1ccc2c(S(N)(=O)=O)cccc21. The average Bonchev–Trinajstić information content (AvgIpc) is 3.45. The minimum absolute atomic E-state index is 0.0143. The van der Waals surface area contributed by atoms with Gasteiger partial charge in [-0.3, -0.25) is 4.79 Å². The van der Waals surface area contributed by atoms with Gasteiger partial charge in [0.2, 0.25) is 15.9 Å². The minimum Gasteiger partial charge on any atom is -0.396 e. The van der Waals surface area contributed by atoms with Crippen molar-refractivity contribution in [3.8, 4) is 6.07 Å². The third kappa shape index (κ3) is 4.66. The Balaban J connectivity index is 1.72. The first-order valence-corrected chi connectivity index (χ1v) is 12.5. The monoisotopic (exact) mass is 469 g/mol. The largest absolute Gasteiger partial charge is 0.396 e. The van der Waals surface area contributed by atoms with Gasteiger partial charge in [0.05, 0.1) is 10.4 Å². The van der Waals surface area contributed by atoms with E-state index in [1.165, 1.54) is 6.07 Å². The summed E-state index contributed by atoms with van der Waals surface area (Å²) in [7, 11) is -3.93. The highest BCUT2D eigenvalue weighted by Gasteiger charge is 2.31. The van der Waals surface area contributed by atoms with Crippen LogP contribution in [0, 0.1) is 17.2 Å². The number of aromatic nitrogens is 2.